The zero-order chi connectivity index (χ0) is 18.9. The molecule has 28 heavy (non-hydrogen) atoms. The van der Waals surface area contributed by atoms with Crippen molar-refractivity contribution in [3.63, 3.8) is 0 Å². The van der Waals surface area contributed by atoms with E-state index in [2.05, 4.69) is 56.1 Å². The van der Waals surface area contributed by atoms with Crippen molar-refractivity contribution < 1.29 is 4.74 Å². The molecule has 0 amide bonds. The molecule has 7 heteroatoms. The van der Waals surface area contributed by atoms with Crippen LogP contribution in [0.15, 0.2) is 48.0 Å². The van der Waals surface area contributed by atoms with E-state index in [1.165, 1.54) is 30.4 Å². The molecular formula is C21H32IN5O. The van der Waals surface area contributed by atoms with Crippen LogP contribution in [0.4, 0.5) is 0 Å². The van der Waals surface area contributed by atoms with E-state index in [0.29, 0.717) is 0 Å². The largest absolute Gasteiger partial charge is 0.381 e. The summed E-state index contributed by atoms with van der Waals surface area (Å²) in [6.07, 6.45) is 9.21. The molecule has 1 saturated heterocycles. The van der Waals surface area contributed by atoms with E-state index < -0.39 is 0 Å². The molecule has 1 aromatic heterocycles. The molecule has 1 N–H and O–H groups in total. The van der Waals surface area contributed by atoms with Gasteiger partial charge < -0.3 is 19.5 Å². The van der Waals surface area contributed by atoms with E-state index in [1.54, 1.807) is 0 Å². The van der Waals surface area contributed by atoms with Crippen LogP contribution in [0.25, 0.3) is 0 Å². The number of imidazole rings is 1. The number of rotatable bonds is 7. The Labute approximate surface area is 185 Å². The Morgan fingerprint density at radius 1 is 1.32 bits per heavy atom. The van der Waals surface area contributed by atoms with Crippen LogP contribution in [0.2, 0.25) is 0 Å². The standard InChI is InChI=1S/C21H31N5O.HI/c1-22-21(25(2)10-6-18-7-12-27-13-8-18)24-15-19-4-3-5-20(14-19)16-26-11-9-23-17-26;/h3-5,9,11,14,17-18H,6-8,10,12-13,15-16H2,1-2H3,(H,22,24);1H. The molecule has 2 heterocycles. The second-order valence-corrected chi connectivity index (χ2v) is 7.22. The third-order valence-corrected chi connectivity index (χ3v) is 5.15. The molecule has 2 aromatic rings. The number of guanidine groups is 1. The van der Waals surface area contributed by atoms with Gasteiger partial charge >= 0.3 is 0 Å². The van der Waals surface area contributed by atoms with Crippen molar-refractivity contribution in [2.75, 3.05) is 33.9 Å². The van der Waals surface area contributed by atoms with Gasteiger partial charge in [0.25, 0.3) is 0 Å². The molecule has 0 spiro atoms. The van der Waals surface area contributed by atoms with Crippen LogP contribution in [-0.2, 0) is 17.8 Å². The number of halogens is 1. The van der Waals surface area contributed by atoms with E-state index in [-0.39, 0.29) is 24.0 Å². The van der Waals surface area contributed by atoms with Crippen LogP contribution in [0.5, 0.6) is 0 Å². The number of benzene rings is 1. The third-order valence-electron chi connectivity index (χ3n) is 5.15. The van der Waals surface area contributed by atoms with Crippen molar-refractivity contribution in [3.05, 3.63) is 54.1 Å². The Morgan fingerprint density at radius 2 is 2.11 bits per heavy atom. The molecule has 0 radical (unpaired) electrons. The highest BCUT2D eigenvalue weighted by molar-refractivity contribution is 14.0. The minimum absolute atomic E-state index is 0. The van der Waals surface area contributed by atoms with Crippen molar-refractivity contribution in [1.82, 2.24) is 19.8 Å². The molecule has 154 valence electrons. The summed E-state index contributed by atoms with van der Waals surface area (Å²) in [4.78, 5) is 10.8. The van der Waals surface area contributed by atoms with Gasteiger partial charge in [0.05, 0.1) is 6.33 Å². The van der Waals surface area contributed by atoms with E-state index in [1.807, 2.05) is 25.8 Å². The maximum Gasteiger partial charge on any atom is 0.193 e. The van der Waals surface area contributed by atoms with Crippen molar-refractivity contribution in [1.29, 1.82) is 0 Å². The van der Waals surface area contributed by atoms with Crippen LogP contribution in [0.1, 0.15) is 30.4 Å². The van der Waals surface area contributed by atoms with Crippen LogP contribution in [-0.4, -0.2) is 54.3 Å². The summed E-state index contributed by atoms with van der Waals surface area (Å²) in [5.41, 5.74) is 2.53. The summed E-state index contributed by atoms with van der Waals surface area (Å²) in [6, 6.07) is 8.65. The van der Waals surface area contributed by atoms with Gasteiger partial charge in [-0.25, -0.2) is 4.98 Å². The number of aliphatic imine (C=N–C) groups is 1. The van der Waals surface area contributed by atoms with Crippen LogP contribution in [0, 0.1) is 5.92 Å². The molecule has 6 nitrogen and oxygen atoms in total. The average molecular weight is 497 g/mol. The summed E-state index contributed by atoms with van der Waals surface area (Å²) in [6.45, 7) is 4.46. The Balaban J connectivity index is 0.00000280. The summed E-state index contributed by atoms with van der Waals surface area (Å²) in [5.74, 6) is 1.72. The van der Waals surface area contributed by atoms with Crippen LogP contribution < -0.4 is 5.32 Å². The first-order valence-corrected chi connectivity index (χ1v) is 9.77. The summed E-state index contributed by atoms with van der Waals surface area (Å²) in [5, 5.41) is 3.49. The Morgan fingerprint density at radius 3 is 2.82 bits per heavy atom. The molecule has 0 unspecified atom stereocenters. The Hall–Kier alpha value is -1.61. The molecule has 1 aromatic carbocycles. The fraction of sp³-hybridized carbons (Fsp3) is 0.524. The zero-order valence-corrected chi connectivity index (χ0v) is 19.2. The minimum Gasteiger partial charge on any atom is -0.381 e. The summed E-state index contributed by atoms with van der Waals surface area (Å²) < 4.78 is 7.53. The second-order valence-electron chi connectivity index (χ2n) is 7.22. The zero-order valence-electron chi connectivity index (χ0n) is 16.9. The van der Waals surface area contributed by atoms with Crippen LogP contribution >= 0.6 is 24.0 Å². The lowest BCUT2D eigenvalue weighted by Crippen LogP contribution is -2.39. The van der Waals surface area contributed by atoms with Gasteiger partial charge in [0.1, 0.15) is 0 Å². The maximum atomic E-state index is 5.45. The van der Waals surface area contributed by atoms with Crippen molar-refractivity contribution in [3.8, 4) is 0 Å². The number of hydrogen-bond donors (Lipinski definition) is 1. The maximum absolute atomic E-state index is 5.45. The van der Waals surface area contributed by atoms with E-state index in [0.717, 1.165) is 44.7 Å². The normalized spacial score (nSPS) is 15.1. The lowest BCUT2D eigenvalue weighted by Gasteiger charge is -2.27. The van der Waals surface area contributed by atoms with Gasteiger partial charge in [-0.3, -0.25) is 4.99 Å². The summed E-state index contributed by atoms with van der Waals surface area (Å²) >= 11 is 0. The number of aromatic nitrogens is 2. The molecule has 0 saturated carbocycles. The highest BCUT2D eigenvalue weighted by Gasteiger charge is 2.15. The first kappa shape index (κ1) is 22.7. The van der Waals surface area contributed by atoms with E-state index >= 15 is 0 Å². The van der Waals surface area contributed by atoms with E-state index in [4.69, 9.17) is 4.74 Å². The number of hydrogen-bond acceptors (Lipinski definition) is 3. The van der Waals surface area contributed by atoms with Gasteiger partial charge in [-0.15, -0.1) is 24.0 Å². The van der Waals surface area contributed by atoms with Gasteiger partial charge in [0.2, 0.25) is 0 Å². The number of ether oxygens (including phenoxy) is 1. The van der Waals surface area contributed by atoms with Gasteiger partial charge in [0, 0.05) is 59.3 Å². The molecule has 1 fully saturated rings. The number of nitrogens with one attached hydrogen (secondary N) is 1. The van der Waals surface area contributed by atoms with Crippen LogP contribution in [0.3, 0.4) is 0 Å². The van der Waals surface area contributed by atoms with Crippen molar-refractivity contribution in [2.24, 2.45) is 10.9 Å². The quantitative estimate of drug-likeness (QED) is 0.362. The second kappa shape index (κ2) is 12.1. The predicted octanol–water partition coefficient (Wildman–Crippen LogP) is 3.37. The van der Waals surface area contributed by atoms with E-state index in [9.17, 15) is 0 Å². The predicted molar refractivity (Wildman–Crippen MR) is 124 cm³/mol. The third kappa shape index (κ3) is 7.09. The Kier molecular flexibility index (Phi) is 9.77. The molecule has 0 aliphatic carbocycles. The minimum atomic E-state index is 0. The van der Waals surface area contributed by atoms with Gasteiger partial charge in [0.15, 0.2) is 5.96 Å². The topological polar surface area (TPSA) is 54.7 Å². The highest BCUT2D eigenvalue weighted by atomic mass is 127. The fourth-order valence-corrected chi connectivity index (χ4v) is 3.51. The highest BCUT2D eigenvalue weighted by Crippen LogP contribution is 2.18. The lowest BCUT2D eigenvalue weighted by molar-refractivity contribution is 0.0625. The summed E-state index contributed by atoms with van der Waals surface area (Å²) in [7, 11) is 3.97. The molecule has 3 rings (SSSR count). The van der Waals surface area contributed by atoms with Gasteiger partial charge in [-0.1, -0.05) is 24.3 Å². The van der Waals surface area contributed by atoms with Gasteiger partial charge in [-0.05, 0) is 36.3 Å². The average Bonchev–Trinajstić information content (AvgIpc) is 3.21. The molecule has 1 aliphatic heterocycles. The molecule has 0 atom stereocenters. The molecule has 1 aliphatic rings. The van der Waals surface area contributed by atoms with Crippen molar-refractivity contribution >= 4 is 29.9 Å². The Bertz CT molecular complexity index is 713. The molecule has 0 bridgehead atoms. The smallest absolute Gasteiger partial charge is 0.193 e. The SMILES string of the molecule is CN=C(NCc1cccc(Cn2ccnc2)c1)N(C)CCC1CCOCC1.I. The lowest BCUT2D eigenvalue weighted by atomic mass is 9.96. The fourth-order valence-electron chi connectivity index (χ4n) is 3.51. The number of nitrogens with zero attached hydrogens (tertiary/aromatic N) is 4. The monoisotopic (exact) mass is 497 g/mol. The first-order chi connectivity index (χ1) is 13.2. The van der Waals surface area contributed by atoms with Crippen molar-refractivity contribution in [2.45, 2.75) is 32.4 Å². The first-order valence-electron chi connectivity index (χ1n) is 9.77. The van der Waals surface area contributed by atoms with Gasteiger partial charge in [-0.2, -0.15) is 0 Å². The molecular weight excluding hydrogens is 465 g/mol.